The van der Waals surface area contributed by atoms with Gasteiger partial charge in [-0.1, -0.05) is 62.1 Å². The number of hydrogen-bond acceptors (Lipinski definition) is 2. The van der Waals surface area contributed by atoms with Crippen LogP contribution in [0.4, 0.5) is 0 Å². The molecule has 1 atom stereocenters. The van der Waals surface area contributed by atoms with Gasteiger partial charge in [0.05, 0.1) is 12.5 Å². The van der Waals surface area contributed by atoms with E-state index in [2.05, 4.69) is 6.92 Å². The Labute approximate surface area is 121 Å². The fourth-order valence-electron chi connectivity index (χ4n) is 2.16. The first-order valence-corrected chi connectivity index (χ1v) is 7.21. The van der Waals surface area contributed by atoms with E-state index in [-0.39, 0.29) is 6.42 Å². The lowest BCUT2D eigenvalue weighted by molar-refractivity contribution is -0.135. The van der Waals surface area contributed by atoms with E-state index in [0.29, 0.717) is 0 Å². The number of carboxylic acids is 1. The standard InChI is InChI=1S/C17H24O3/c1-3-4-5-8-16(18)15-12-13(2)10-11-14(15)7-6-9-17(19)20/h6-7,10-12,16,18H,3-5,8-9H2,1-2H3,(H,19,20)/t16-/m0/s1. The minimum atomic E-state index is -0.849. The van der Waals surface area contributed by atoms with Gasteiger partial charge >= 0.3 is 5.97 Å². The summed E-state index contributed by atoms with van der Waals surface area (Å²) < 4.78 is 0. The fraction of sp³-hybridized carbons (Fsp3) is 0.471. The molecule has 0 aliphatic carbocycles. The molecule has 0 aliphatic rings. The molecule has 0 spiro atoms. The fourth-order valence-corrected chi connectivity index (χ4v) is 2.16. The van der Waals surface area contributed by atoms with E-state index in [4.69, 9.17) is 5.11 Å². The highest BCUT2D eigenvalue weighted by Gasteiger charge is 2.11. The SMILES string of the molecule is CCCCC[C@H](O)c1cc(C)ccc1C=CCC(=O)O. The van der Waals surface area contributed by atoms with Gasteiger partial charge in [0.25, 0.3) is 0 Å². The lowest BCUT2D eigenvalue weighted by Crippen LogP contribution is -2.01. The summed E-state index contributed by atoms with van der Waals surface area (Å²) in [6, 6.07) is 5.89. The zero-order valence-electron chi connectivity index (χ0n) is 12.3. The van der Waals surface area contributed by atoms with Crippen molar-refractivity contribution in [1.82, 2.24) is 0 Å². The quantitative estimate of drug-likeness (QED) is 0.703. The van der Waals surface area contributed by atoms with Crippen LogP contribution in [0.2, 0.25) is 0 Å². The summed E-state index contributed by atoms with van der Waals surface area (Å²) in [7, 11) is 0. The largest absolute Gasteiger partial charge is 0.481 e. The van der Waals surface area contributed by atoms with E-state index in [1.54, 1.807) is 12.2 Å². The molecule has 3 heteroatoms. The Kier molecular flexibility index (Phi) is 7.02. The molecule has 0 radical (unpaired) electrons. The third kappa shape index (κ3) is 5.57. The molecule has 1 rings (SSSR count). The van der Waals surface area contributed by atoms with E-state index < -0.39 is 12.1 Å². The first kappa shape index (κ1) is 16.4. The summed E-state index contributed by atoms with van der Waals surface area (Å²) in [5.74, 6) is -0.849. The second-order valence-corrected chi connectivity index (χ2v) is 5.14. The highest BCUT2D eigenvalue weighted by atomic mass is 16.4. The van der Waals surface area contributed by atoms with Crippen LogP contribution in [0.3, 0.4) is 0 Å². The minimum absolute atomic E-state index is 0.000748. The van der Waals surface area contributed by atoms with Crippen LogP contribution in [0.25, 0.3) is 6.08 Å². The predicted molar refractivity (Wildman–Crippen MR) is 81.6 cm³/mol. The van der Waals surface area contributed by atoms with E-state index in [1.165, 1.54) is 0 Å². The smallest absolute Gasteiger partial charge is 0.307 e. The molecular formula is C17H24O3. The molecule has 0 aliphatic heterocycles. The van der Waals surface area contributed by atoms with Crippen LogP contribution in [0.1, 0.15) is 61.8 Å². The van der Waals surface area contributed by atoms with Crippen molar-refractivity contribution < 1.29 is 15.0 Å². The molecule has 20 heavy (non-hydrogen) atoms. The van der Waals surface area contributed by atoms with Gasteiger partial charge in [-0.2, -0.15) is 0 Å². The Morgan fingerprint density at radius 3 is 2.75 bits per heavy atom. The summed E-state index contributed by atoms with van der Waals surface area (Å²) in [5, 5.41) is 19.0. The average molecular weight is 276 g/mol. The van der Waals surface area contributed by atoms with Crippen molar-refractivity contribution in [3.63, 3.8) is 0 Å². The van der Waals surface area contributed by atoms with Crippen molar-refractivity contribution in [2.75, 3.05) is 0 Å². The molecule has 0 heterocycles. The average Bonchev–Trinajstić information content (AvgIpc) is 2.40. The van der Waals surface area contributed by atoms with Crippen molar-refractivity contribution in [3.8, 4) is 0 Å². The number of aryl methyl sites for hydroxylation is 1. The summed E-state index contributed by atoms with van der Waals surface area (Å²) >= 11 is 0. The minimum Gasteiger partial charge on any atom is -0.481 e. The number of aliphatic carboxylic acids is 1. The predicted octanol–water partition coefficient (Wildman–Crippen LogP) is 4.10. The summed E-state index contributed by atoms with van der Waals surface area (Å²) in [5.41, 5.74) is 2.90. The lowest BCUT2D eigenvalue weighted by Gasteiger charge is -2.14. The Morgan fingerprint density at radius 1 is 1.35 bits per heavy atom. The van der Waals surface area contributed by atoms with Gasteiger partial charge in [0.1, 0.15) is 0 Å². The van der Waals surface area contributed by atoms with Gasteiger partial charge in [-0.15, -0.1) is 0 Å². The number of unbranched alkanes of at least 4 members (excludes halogenated alkanes) is 2. The van der Waals surface area contributed by atoms with Crippen LogP contribution in [0.15, 0.2) is 24.3 Å². The molecule has 3 nitrogen and oxygen atoms in total. The maximum Gasteiger partial charge on any atom is 0.307 e. The van der Waals surface area contributed by atoms with Crippen LogP contribution >= 0.6 is 0 Å². The Bertz CT molecular complexity index is 463. The van der Waals surface area contributed by atoms with Crippen molar-refractivity contribution in [1.29, 1.82) is 0 Å². The molecule has 0 fully saturated rings. The van der Waals surface area contributed by atoms with Crippen LogP contribution < -0.4 is 0 Å². The second-order valence-electron chi connectivity index (χ2n) is 5.14. The van der Waals surface area contributed by atoms with E-state index in [9.17, 15) is 9.90 Å². The monoisotopic (exact) mass is 276 g/mol. The van der Waals surface area contributed by atoms with Crippen molar-refractivity contribution in [2.45, 2.75) is 52.1 Å². The number of rotatable bonds is 8. The molecule has 0 bridgehead atoms. The van der Waals surface area contributed by atoms with Gasteiger partial charge < -0.3 is 10.2 Å². The first-order valence-electron chi connectivity index (χ1n) is 7.21. The lowest BCUT2D eigenvalue weighted by atomic mass is 9.96. The van der Waals surface area contributed by atoms with Gasteiger partial charge in [0, 0.05) is 0 Å². The van der Waals surface area contributed by atoms with Crippen LogP contribution in [-0.2, 0) is 4.79 Å². The highest BCUT2D eigenvalue weighted by molar-refractivity contribution is 5.70. The van der Waals surface area contributed by atoms with Crippen molar-refractivity contribution in [2.24, 2.45) is 0 Å². The normalized spacial score (nSPS) is 12.8. The van der Waals surface area contributed by atoms with Gasteiger partial charge in [0.2, 0.25) is 0 Å². The van der Waals surface area contributed by atoms with Crippen LogP contribution in [0.5, 0.6) is 0 Å². The number of benzene rings is 1. The maximum absolute atomic E-state index is 10.5. The number of aliphatic hydroxyl groups excluding tert-OH is 1. The topological polar surface area (TPSA) is 57.5 Å². The Morgan fingerprint density at radius 2 is 2.10 bits per heavy atom. The first-order chi connectivity index (χ1) is 9.54. The molecular weight excluding hydrogens is 252 g/mol. The molecule has 0 amide bonds. The van der Waals surface area contributed by atoms with Crippen molar-refractivity contribution in [3.05, 3.63) is 41.0 Å². The third-order valence-corrected chi connectivity index (χ3v) is 3.27. The van der Waals surface area contributed by atoms with E-state index >= 15 is 0 Å². The van der Waals surface area contributed by atoms with Crippen molar-refractivity contribution >= 4 is 12.0 Å². The van der Waals surface area contributed by atoms with Crippen LogP contribution in [0, 0.1) is 6.92 Å². The number of aliphatic hydroxyl groups is 1. The molecule has 0 aromatic heterocycles. The molecule has 110 valence electrons. The van der Waals surface area contributed by atoms with Gasteiger partial charge in [-0.3, -0.25) is 4.79 Å². The molecule has 2 N–H and O–H groups in total. The summed E-state index contributed by atoms with van der Waals surface area (Å²) in [6.07, 6.45) is 6.92. The van der Waals surface area contributed by atoms with E-state index in [0.717, 1.165) is 42.4 Å². The summed E-state index contributed by atoms with van der Waals surface area (Å²) in [6.45, 7) is 4.13. The summed E-state index contributed by atoms with van der Waals surface area (Å²) in [4.78, 5) is 10.5. The second kappa shape index (κ2) is 8.54. The molecule has 1 aromatic rings. The molecule has 0 saturated carbocycles. The molecule has 0 unspecified atom stereocenters. The number of hydrogen-bond donors (Lipinski definition) is 2. The Hall–Kier alpha value is -1.61. The molecule has 0 saturated heterocycles. The van der Waals surface area contributed by atoms with Gasteiger partial charge in [-0.25, -0.2) is 0 Å². The van der Waals surface area contributed by atoms with Gasteiger partial charge in [0.15, 0.2) is 0 Å². The van der Waals surface area contributed by atoms with Gasteiger partial charge in [-0.05, 0) is 24.5 Å². The number of carboxylic acid groups (broad SMARTS) is 1. The third-order valence-electron chi connectivity index (χ3n) is 3.27. The van der Waals surface area contributed by atoms with Crippen LogP contribution in [-0.4, -0.2) is 16.2 Å². The Balaban J connectivity index is 2.83. The zero-order valence-corrected chi connectivity index (χ0v) is 12.3. The zero-order chi connectivity index (χ0) is 15.0. The molecule has 1 aromatic carbocycles. The highest BCUT2D eigenvalue weighted by Crippen LogP contribution is 2.25. The van der Waals surface area contributed by atoms with E-state index in [1.807, 2.05) is 25.1 Å². The maximum atomic E-state index is 10.5. The number of carbonyl (C=O) groups is 1.